The van der Waals surface area contributed by atoms with Gasteiger partial charge in [0.2, 0.25) is 14.8 Å². The number of halogens is 1. The van der Waals surface area contributed by atoms with Crippen LogP contribution in [0.3, 0.4) is 0 Å². The van der Waals surface area contributed by atoms with Crippen LogP contribution in [0.5, 0.6) is 0 Å². The van der Waals surface area contributed by atoms with Gasteiger partial charge in [0.05, 0.1) is 11.6 Å². The van der Waals surface area contributed by atoms with Gasteiger partial charge in [0.1, 0.15) is 11.5 Å². The molecule has 8 nitrogen and oxygen atoms in total. The fourth-order valence-corrected chi connectivity index (χ4v) is 6.18. The van der Waals surface area contributed by atoms with E-state index in [1.54, 1.807) is 4.31 Å². The first-order chi connectivity index (χ1) is 14.9. The summed E-state index contributed by atoms with van der Waals surface area (Å²) >= 11 is 3.45. The molecule has 0 bridgehead atoms. The van der Waals surface area contributed by atoms with Gasteiger partial charge in [0, 0.05) is 49.2 Å². The zero-order chi connectivity index (χ0) is 21.6. The molecule has 2 fully saturated rings. The molecule has 31 heavy (non-hydrogen) atoms. The number of nitrogens with one attached hydrogen (secondary N) is 2. The minimum absolute atomic E-state index is 0.368. The van der Waals surface area contributed by atoms with E-state index in [1.165, 1.54) is 6.26 Å². The van der Waals surface area contributed by atoms with Crippen LogP contribution in [0.2, 0.25) is 0 Å². The number of fused-ring (bicyclic) bond motifs is 3. The predicted octanol–water partition coefficient (Wildman–Crippen LogP) is 3.17. The smallest absolute Gasteiger partial charge is 0.211 e. The van der Waals surface area contributed by atoms with Crippen molar-refractivity contribution in [2.75, 3.05) is 37.8 Å². The molecule has 5 rings (SSSR count). The number of piperazine rings is 1. The average Bonchev–Trinajstić information content (AvgIpc) is 3.12. The molecule has 1 aliphatic heterocycles. The van der Waals surface area contributed by atoms with Crippen LogP contribution in [0.4, 0.5) is 5.82 Å². The van der Waals surface area contributed by atoms with Gasteiger partial charge < -0.3 is 10.3 Å². The third-order valence-corrected chi connectivity index (χ3v) is 8.29. The van der Waals surface area contributed by atoms with Crippen LogP contribution in [0, 0.1) is 0 Å². The van der Waals surface area contributed by atoms with E-state index in [1.807, 2.05) is 12.1 Å². The third kappa shape index (κ3) is 4.30. The molecule has 2 N–H and O–H groups in total. The zero-order valence-electron chi connectivity index (χ0n) is 17.5. The van der Waals surface area contributed by atoms with Gasteiger partial charge in [-0.3, -0.25) is 4.90 Å². The summed E-state index contributed by atoms with van der Waals surface area (Å²) in [5, 5.41) is 5.86. The van der Waals surface area contributed by atoms with Crippen molar-refractivity contribution in [3.63, 3.8) is 0 Å². The fraction of sp³-hybridized carbons (Fsp3) is 0.524. The number of nitrogens with zero attached hydrogens (tertiary/aromatic N) is 4. The summed E-state index contributed by atoms with van der Waals surface area (Å²) in [6.07, 6.45) is 5.67. The Labute approximate surface area is 190 Å². The summed E-state index contributed by atoms with van der Waals surface area (Å²) in [6.45, 7) is 2.85. The molecule has 2 aliphatic rings. The van der Waals surface area contributed by atoms with Crippen molar-refractivity contribution >= 4 is 53.7 Å². The number of H-pyrrole nitrogens is 1. The summed E-state index contributed by atoms with van der Waals surface area (Å²) < 4.78 is 25.7. The second-order valence-corrected chi connectivity index (χ2v) is 11.3. The van der Waals surface area contributed by atoms with Crippen LogP contribution in [-0.2, 0) is 10.0 Å². The van der Waals surface area contributed by atoms with Crippen LogP contribution in [0.1, 0.15) is 25.7 Å². The van der Waals surface area contributed by atoms with Crippen LogP contribution in [-0.4, -0.2) is 77.1 Å². The predicted molar refractivity (Wildman–Crippen MR) is 127 cm³/mol. The molecule has 0 atom stereocenters. The van der Waals surface area contributed by atoms with Gasteiger partial charge in [-0.05, 0) is 47.7 Å². The standard InChI is InChI=1S/C21H27BrN6O2S/c1-31(29,30)28-12-10-27(11-13-28)15-8-6-14(7-9-15)23-19-18-16-4-2-3-5-17(16)24-20(18)26-21(22)25-19/h2-5,14-15H,6-13H2,1H3,(H2,23,24,25,26). The van der Waals surface area contributed by atoms with Crippen molar-refractivity contribution < 1.29 is 8.42 Å². The van der Waals surface area contributed by atoms with Gasteiger partial charge in [0.25, 0.3) is 0 Å². The van der Waals surface area contributed by atoms with Crippen molar-refractivity contribution in [3.8, 4) is 0 Å². The van der Waals surface area contributed by atoms with Gasteiger partial charge in [0.15, 0.2) is 0 Å². The van der Waals surface area contributed by atoms with Gasteiger partial charge in [-0.1, -0.05) is 18.2 Å². The molecule has 1 saturated heterocycles. The van der Waals surface area contributed by atoms with E-state index in [2.05, 4.69) is 53.2 Å². The highest BCUT2D eigenvalue weighted by molar-refractivity contribution is 9.10. The number of anilines is 1. The Balaban J connectivity index is 1.26. The van der Waals surface area contributed by atoms with Crippen LogP contribution in [0.15, 0.2) is 29.0 Å². The molecule has 1 saturated carbocycles. The number of benzene rings is 1. The molecule has 3 heterocycles. The van der Waals surface area contributed by atoms with Crippen molar-refractivity contribution in [2.24, 2.45) is 0 Å². The van der Waals surface area contributed by atoms with Gasteiger partial charge in [-0.25, -0.2) is 18.4 Å². The summed E-state index contributed by atoms with van der Waals surface area (Å²) in [7, 11) is -3.08. The van der Waals surface area contributed by atoms with Crippen molar-refractivity contribution in [1.29, 1.82) is 0 Å². The highest BCUT2D eigenvalue weighted by atomic mass is 79.9. The molecule has 1 aliphatic carbocycles. The summed E-state index contributed by atoms with van der Waals surface area (Å²) in [5.74, 6) is 0.875. The first-order valence-corrected chi connectivity index (χ1v) is 13.4. The SMILES string of the molecule is CS(=O)(=O)N1CCN(C2CCC(Nc3nc(Br)nc4[nH]c5ccccc5c34)CC2)CC1. The van der Waals surface area contributed by atoms with E-state index in [-0.39, 0.29) is 0 Å². The number of hydrogen-bond acceptors (Lipinski definition) is 6. The molecule has 1 aromatic carbocycles. The second-order valence-electron chi connectivity index (χ2n) is 8.58. The molecule has 10 heteroatoms. The summed E-state index contributed by atoms with van der Waals surface area (Å²) in [5.41, 5.74) is 1.90. The van der Waals surface area contributed by atoms with Crippen molar-refractivity contribution in [2.45, 2.75) is 37.8 Å². The van der Waals surface area contributed by atoms with E-state index in [0.717, 1.165) is 66.5 Å². The molecule has 3 aromatic rings. The number of sulfonamides is 1. The maximum atomic E-state index is 11.7. The maximum absolute atomic E-state index is 11.7. The molecule has 0 unspecified atom stereocenters. The maximum Gasteiger partial charge on any atom is 0.211 e. The third-order valence-electron chi connectivity index (χ3n) is 6.63. The number of para-hydroxylation sites is 1. The Morgan fingerprint density at radius 3 is 2.48 bits per heavy atom. The molecule has 0 amide bonds. The lowest BCUT2D eigenvalue weighted by atomic mass is 9.89. The van der Waals surface area contributed by atoms with Crippen LogP contribution in [0.25, 0.3) is 21.9 Å². The first kappa shape index (κ1) is 21.1. The second kappa shape index (κ2) is 8.31. The molecule has 0 radical (unpaired) electrons. The van der Waals surface area contributed by atoms with E-state index < -0.39 is 10.0 Å². The lowest BCUT2D eigenvalue weighted by molar-refractivity contribution is 0.109. The largest absolute Gasteiger partial charge is 0.367 e. The Kier molecular flexibility index (Phi) is 5.66. The Morgan fingerprint density at radius 2 is 1.77 bits per heavy atom. The van der Waals surface area contributed by atoms with Crippen molar-refractivity contribution in [1.82, 2.24) is 24.2 Å². The Hall–Kier alpha value is -1.75. The Morgan fingerprint density at radius 1 is 1.06 bits per heavy atom. The summed E-state index contributed by atoms with van der Waals surface area (Å²) in [6, 6.07) is 9.12. The molecular formula is C21H27BrN6O2S. The molecule has 166 valence electrons. The monoisotopic (exact) mass is 506 g/mol. The fourth-order valence-electron chi connectivity index (χ4n) is 5.00. The van der Waals surface area contributed by atoms with Crippen LogP contribution < -0.4 is 5.32 Å². The molecule has 2 aromatic heterocycles. The first-order valence-electron chi connectivity index (χ1n) is 10.8. The highest BCUT2D eigenvalue weighted by Crippen LogP contribution is 2.33. The number of rotatable bonds is 4. The highest BCUT2D eigenvalue weighted by Gasteiger charge is 2.31. The van der Waals surface area contributed by atoms with E-state index in [0.29, 0.717) is 29.9 Å². The van der Waals surface area contributed by atoms with E-state index in [9.17, 15) is 8.42 Å². The van der Waals surface area contributed by atoms with Crippen molar-refractivity contribution in [3.05, 3.63) is 29.0 Å². The Bertz CT molecular complexity index is 1200. The number of aromatic nitrogens is 3. The minimum Gasteiger partial charge on any atom is -0.367 e. The normalized spacial score (nSPS) is 24.1. The van der Waals surface area contributed by atoms with E-state index >= 15 is 0 Å². The van der Waals surface area contributed by atoms with Gasteiger partial charge in [-0.2, -0.15) is 4.31 Å². The van der Waals surface area contributed by atoms with Gasteiger partial charge in [-0.15, -0.1) is 0 Å². The van der Waals surface area contributed by atoms with Gasteiger partial charge >= 0.3 is 0 Å². The van der Waals surface area contributed by atoms with Crippen LogP contribution >= 0.6 is 15.9 Å². The molecular weight excluding hydrogens is 480 g/mol. The quantitative estimate of drug-likeness (QED) is 0.527. The molecule has 0 spiro atoms. The summed E-state index contributed by atoms with van der Waals surface area (Å²) in [4.78, 5) is 15.0. The minimum atomic E-state index is -3.08. The zero-order valence-corrected chi connectivity index (χ0v) is 19.9. The lowest BCUT2D eigenvalue weighted by Gasteiger charge is -2.41. The number of aromatic amines is 1. The number of hydrogen-bond donors (Lipinski definition) is 2. The van der Waals surface area contributed by atoms with E-state index in [4.69, 9.17) is 0 Å². The topological polar surface area (TPSA) is 94.2 Å². The lowest BCUT2D eigenvalue weighted by Crippen LogP contribution is -2.52. The average molecular weight is 507 g/mol.